The minimum Gasteiger partial charge on any atom is -0.454 e. The zero-order chi connectivity index (χ0) is 16.4. The second-order valence-corrected chi connectivity index (χ2v) is 4.61. The molecule has 0 unspecified atom stereocenters. The van der Waals surface area contributed by atoms with Crippen LogP contribution in [0.25, 0.3) is 0 Å². The third-order valence-electron chi connectivity index (χ3n) is 3.04. The number of urea groups is 1. The summed E-state index contributed by atoms with van der Waals surface area (Å²) in [7, 11) is 0. The van der Waals surface area contributed by atoms with Crippen LogP contribution in [0.4, 0.5) is 19.3 Å². The Balaban J connectivity index is 1.65. The monoisotopic (exact) mass is 320 g/mol. The Labute approximate surface area is 129 Å². The number of hydrogen-bond donors (Lipinski definition) is 2. The Kier molecular flexibility index (Phi) is 3.80. The zero-order valence-electron chi connectivity index (χ0n) is 11.6. The Hall–Kier alpha value is -3.16. The lowest BCUT2D eigenvalue weighted by Crippen LogP contribution is -2.34. The van der Waals surface area contributed by atoms with Gasteiger partial charge in [-0.2, -0.15) is 0 Å². The maximum absolute atomic E-state index is 13.0. The van der Waals surface area contributed by atoms with Gasteiger partial charge in [0.15, 0.2) is 23.1 Å². The molecule has 118 valence electrons. The lowest BCUT2D eigenvalue weighted by molar-refractivity contribution is 0.0966. The molecule has 3 amide bonds. The number of benzene rings is 2. The first-order valence-corrected chi connectivity index (χ1v) is 6.50. The molecule has 0 saturated heterocycles. The van der Waals surface area contributed by atoms with Crippen molar-refractivity contribution in [1.82, 2.24) is 5.32 Å². The molecule has 2 N–H and O–H groups in total. The molecule has 2 aromatic rings. The van der Waals surface area contributed by atoms with Crippen molar-refractivity contribution in [1.29, 1.82) is 0 Å². The standard InChI is InChI=1S/C15H10F2N2O4/c16-10-3-2-9(6-11(10)17)18-15(21)19-14(20)8-1-4-12-13(5-8)23-7-22-12/h1-6H,7H2,(H2,18,19,20,21). The summed E-state index contributed by atoms with van der Waals surface area (Å²) >= 11 is 0. The number of imide groups is 1. The molecule has 1 aliphatic heterocycles. The van der Waals surface area contributed by atoms with Gasteiger partial charge in [-0.05, 0) is 30.3 Å². The molecule has 0 aliphatic carbocycles. The third kappa shape index (κ3) is 3.20. The highest BCUT2D eigenvalue weighted by atomic mass is 19.2. The van der Waals surface area contributed by atoms with Crippen molar-refractivity contribution in [3.63, 3.8) is 0 Å². The number of anilines is 1. The Morgan fingerprint density at radius 3 is 2.52 bits per heavy atom. The average Bonchev–Trinajstić information content (AvgIpc) is 2.98. The van der Waals surface area contributed by atoms with Gasteiger partial charge in [-0.3, -0.25) is 10.1 Å². The number of fused-ring (bicyclic) bond motifs is 1. The predicted octanol–water partition coefficient (Wildman–Crippen LogP) is 2.66. The lowest BCUT2D eigenvalue weighted by Gasteiger charge is -2.07. The first-order chi connectivity index (χ1) is 11.0. The van der Waals surface area contributed by atoms with Crippen molar-refractivity contribution in [2.45, 2.75) is 0 Å². The van der Waals surface area contributed by atoms with E-state index < -0.39 is 23.6 Å². The first kappa shape index (κ1) is 14.8. The highest BCUT2D eigenvalue weighted by Gasteiger charge is 2.17. The molecule has 6 nitrogen and oxygen atoms in total. The van der Waals surface area contributed by atoms with Gasteiger partial charge < -0.3 is 14.8 Å². The fourth-order valence-electron chi connectivity index (χ4n) is 1.95. The highest BCUT2D eigenvalue weighted by molar-refractivity contribution is 6.08. The van der Waals surface area contributed by atoms with Crippen LogP contribution in [0.2, 0.25) is 0 Å². The molecule has 1 heterocycles. The van der Waals surface area contributed by atoms with Crippen molar-refractivity contribution in [2.75, 3.05) is 12.1 Å². The fraction of sp³-hybridized carbons (Fsp3) is 0.0667. The van der Waals surface area contributed by atoms with Gasteiger partial charge in [-0.25, -0.2) is 13.6 Å². The molecule has 0 aromatic heterocycles. The van der Waals surface area contributed by atoms with Gasteiger partial charge in [0, 0.05) is 17.3 Å². The quantitative estimate of drug-likeness (QED) is 0.892. The summed E-state index contributed by atoms with van der Waals surface area (Å²) in [4.78, 5) is 23.7. The maximum Gasteiger partial charge on any atom is 0.326 e. The fourth-order valence-corrected chi connectivity index (χ4v) is 1.95. The molecule has 23 heavy (non-hydrogen) atoms. The van der Waals surface area contributed by atoms with Crippen molar-refractivity contribution in [3.05, 3.63) is 53.6 Å². The number of amides is 3. The number of ether oxygens (including phenoxy) is 2. The summed E-state index contributed by atoms with van der Waals surface area (Å²) in [6.07, 6.45) is 0. The largest absolute Gasteiger partial charge is 0.454 e. The van der Waals surface area contributed by atoms with E-state index >= 15 is 0 Å². The van der Waals surface area contributed by atoms with Crippen LogP contribution in [0.1, 0.15) is 10.4 Å². The number of carbonyl (C=O) groups excluding carboxylic acids is 2. The van der Waals surface area contributed by atoms with E-state index in [9.17, 15) is 18.4 Å². The molecule has 0 radical (unpaired) electrons. The molecular formula is C15H10F2N2O4. The summed E-state index contributed by atoms with van der Waals surface area (Å²) in [6, 6.07) is 6.41. The number of nitrogens with one attached hydrogen (secondary N) is 2. The van der Waals surface area contributed by atoms with Crippen molar-refractivity contribution < 1.29 is 27.8 Å². The van der Waals surface area contributed by atoms with E-state index in [1.807, 2.05) is 0 Å². The van der Waals surface area contributed by atoms with E-state index in [-0.39, 0.29) is 18.0 Å². The molecule has 1 aliphatic rings. The van der Waals surface area contributed by atoms with Gasteiger partial charge in [0.05, 0.1) is 0 Å². The summed E-state index contributed by atoms with van der Waals surface area (Å²) in [5, 5.41) is 4.30. The maximum atomic E-state index is 13.0. The zero-order valence-corrected chi connectivity index (χ0v) is 11.6. The summed E-state index contributed by atoms with van der Waals surface area (Å²) < 4.78 is 36.1. The highest BCUT2D eigenvalue weighted by Crippen LogP contribution is 2.32. The molecule has 8 heteroatoms. The lowest BCUT2D eigenvalue weighted by atomic mass is 10.2. The SMILES string of the molecule is O=C(NC(=O)c1ccc2c(c1)OCO2)Nc1ccc(F)c(F)c1. The van der Waals surface area contributed by atoms with Crippen LogP contribution in [-0.4, -0.2) is 18.7 Å². The number of rotatable bonds is 2. The van der Waals surface area contributed by atoms with Crippen molar-refractivity contribution in [2.24, 2.45) is 0 Å². The number of halogens is 2. The van der Waals surface area contributed by atoms with Crippen LogP contribution in [0.5, 0.6) is 11.5 Å². The molecule has 0 spiro atoms. The molecule has 0 saturated carbocycles. The van der Waals surface area contributed by atoms with E-state index in [1.165, 1.54) is 18.2 Å². The Bertz CT molecular complexity index is 795. The van der Waals surface area contributed by atoms with Crippen LogP contribution < -0.4 is 20.1 Å². The Morgan fingerprint density at radius 2 is 1.74 bits per heavy atom. The van der Waals surface area contributed by atoms with E-state index in [2.05, 4.69) is 10.6 Å². The van der Waals surface area contributed by atoms with Gasteiger partial charge in [-0.1, -0.05) is 0 Å². The molecule has 0 atom stereocenters. The van der Waals surface area contributed by atoms with Gasteiger partial charge in [0.25, 0.3) is 5.91 Å². The van der Waals surface area contributed by atoms with Gasteiger partial charge in [0.1, 0.15) is 0 Å². The smallest absolute Gasteiger partial charge is 0.326 e. The van der Waals surface area contributed by atoms with Crippen molar-refractivity contribution >= 4 is 17.6 Å². The topological polar surface area (TPSA) is 76.7 Å². The summed E-state index contributed by atoms with van der Waals surface area (Å²) in [5.74, 6) is -1.91. The van der Waals surface area contributed by atoms with Gasteiger partial charge in [-0.15, -0.1) is 0 Å². The second-order valence-electron chi connectivity index (χ2n) is 4.61. The van der Waals surface area contributed by atoms with Gasteiger partial charge >= 0.3 is 6.03 Å². The normalized spacial score (nSPS) is 11.9. The van der Waals surface area contributed by atoms with E-state index in [0.717, 1.165) is 12.1 Å². The molecule has 3 rings (SSSR count). The number of hydrogen-bond acceptors (Lipinski definition) is 4. The molecular weight excluding hydrogens is 310 g/mol. The molecule has 2 aromatic carbocycles. The minimum atomic E-state index is -1.11. The second kappa shape index (κ2) is 5.91. The Morgan fingerprint density at radius 1 is 0.957 bits per heavy atom. The third-order valence-corrected chi connectivity index (χ3v) is 3.04. The molecule has 0 fully saturated rings. The first-order valence-electron chi connectivity index (χ1n) is 6.50. The summed E-state index contributed by atoms with van der Waals surface area (Å²) in [5.41, 5.74) is 0.203. The van der Waals surface area contributed by atoms with Crippen LogP contribution in [0, 0.1) is 11.6 Å². The summed E-state index contributed by atoms with van der Waals surface area (Å²) in [6.45, 7) is 0.0665. The average molecular weight is 320 g/mol. The van der Waals surface area contributed by atoms with Crippen molar-refractivity contribution in [3.8, 4) is 11.5 Å². The minimum absolute atomic E-state index is 0.0138. The van der Waals surface area contributed by atoms with Crippen LogP contribution in [-0.2, 0) is 0 Å². The number of carbonyl (C=O) groups is 2. The van der Waals surface area contributed by atoms with Crippen LogP contribution >= 0.6 is 0 Å². The predicted molar refractivity (Wildman–Crippen MR) is 75.4 cm³/mol. The van der Waals surface area contributed by atoms with E-state index in [0.29, 0.717) is 11.5 Å². The van der Waals surface area contributed by atoms with E-state index in [4.69, 9.17) is 9.47 Å². The van der Waals surface area contributed by atoms with Crippen LogP contribution in [0.15, 0.2) is 36.4 Å². The van der Waals surface area contributed by atoms with E-state index in [1.54, 1.807) is 6.07 Å². The van der Waals surface area contributed by atoms with Crippen LogP contribution in [0.3, 0.4) is 0 Å². The molecule has 0 bridgehead atoms. The van der Waals surface area contributed by atoms with Gasteiger partial charge in [0.2, 0.25) is 6.79 Å².